The summed E-state index contributed by atoms with van der Waals surface area (Å²) in [5, 5.41) is 0. The molecule has 0 unspecified atom stereocenters. The summed E-state index contributed by atoms with van der Waals surface area (Å²) in [4.78, 5) is 22.4. The second kappa shape index (κ2) is 6.35. The molecule has 1 aliphatic rings. The highest BCUT2D eigenvalue weighted by molar-refractivity contribution is 5.92. The van der Waals surface area contributed by atoms with Crippen LogP contribution in [0, 0.1) is 0 Å². The van der Waals surface area contributed by atoms with E-state index in [1.54, 1.807) is 18.5 Å². The first-order valence-corrected chi connectivity index (χ1v) is 7.11. The molecule has 1 amide bonds. The molecule has 0 bridgehead atoms. The van der Waals surface area contributed by atoms with E-state index in [0.29, 0.717) is 24.7 Å². The lowest BCUT2D eigenvalue weighted by molar-refractivity contribution is 0.0582. The van der Waals surface area contributed by atoms with E-state index in [1.807, 2.05) is 35.2 Å². The fourth-order valence-electron chi connectivity index (χ4n) is 2.42. The maximum absolute atomic E-state index is 12.3. The fraction of sp³-hybridized carbons (Fsp3) is 0.312. The molecule has 2 aromatic rings. The minimum atomic E-state index is -0.00751. The number of carbonyl (C=O) groups is 1. The molecule has 0 N–H and O–H groups in total. The van der Waals surface area contributed by atoms with Crippen LogP contribution < -0.4 is 4.74 Å². The molecule has 1 aliphatic heterocycles. The number of ether oxygens (including phenoxy) is 1. The van der Waals surface area contributed by atoms with Crippen molar-refractivity contribution >= 4 is 5.91 Å². The van der Waals surface area contributed by atoms with Crippen molar-refractivity contribution in [1.82, 2.24) is 14.9 Å². The lowest BCUT2D eigenvalue weighted by Gasteiger charge is -2.31. The zero-order valence-corrected chi connectivity index (χ0v) is 11.7. The largest absolute Gasteiger partial charge is 0.474 e. The van der Waals surface area contributed by atoms with Gasteiger partial charge in [0, 0.05) is 44.4 Å². The summed E-state index contributed by atoms with van der Waals surface area (Å²) in [5.74, 6) is 0.638. The number of pyridine rings is 2. The van der Waals surface area contributed by atoms with E-state index >= 15 is 0 Å². The summed E-state index contributed by atoms with van der Waals surface area (Å²) < 4.78 is 5.82. The summed E-state index contributed by atoms with van der Waals surface area (Å²) in [7, 11) is 0. The second-order valence-electron chi connectivity index (χ2n) is 4.99. The lowest BCUT2D eigenvalue weighted by Crippen LogP contribution is -2.42. The van der Waals surface area contributed by atoms with E-state index in [4.69, 9.17) is 4.74 Å². The van der Waals surface area contributed by atoms with Crippen LogP contribution in [0.1, 0.15) is 23.3 Å². The Morgan fingerprint density at radius 2 is 1.76 bits per heavy atom. The Bertz CT molecular complexity index is 581. The number of hydrogen-bond donors (Lipinski definition) is 0. The van der Waals surface area contributed by atoms with Gasteiger partial charge >= 0.3 is 0 Å². The third-order valence-electron chi connectivity index (χ3n) is 3.54. The van der Waals surface area contributed by atoms with Gasteiger partial charge in [0.1, 0.15) is 11.8 Å². The normalized spacial score (nSPS) is 15.7. The zero-order chi connectivity index (χ0) is 14.5. The minimum Gasteiger partial charge on any atom is -0.474 e. The Morgan fingerprint density at radius 1 is 1.05 bits per heavy atom. The molecular weight excluding hydrogens is 266 g/mol. The van der Waals surface area contributed by atoms with Crippen molar-refractivity contribution in [2.45, 2.75) is 18.9 Å². The van der Waals surface area contributed by atoms with Crippen LogP contribution in [0.3, 0.4) is 0 Å². The molecule has 1 fully saturated rings. The highest BCUT2D eigenvalue weighted by Crippen LogP contribution is 2.18. The summed E-state index contributed by atoms with van der Waals surface area (Å²) in [6.45, 7) is 1.37. The Balaban J connectivity index is 1.54. The van der Waals surface area contributed by atoms with Gasteiger partial charge in [-0.2, -0.15) is 0 Å². The molecule has 0 aliphatic carbocycles. The zero-order valence-electron chi connectivity index (χ0n) is 11.7. The van der Waals surface area contributed by atoms with E-state index in [-0.39, 0.29) is 12.0 Å². The van der Waals surface area contributed by atoms with Gasteiger partial charge in [-0.25, -0.2) is 4.98 Å². The van der Waals surface area contributed by atoms with Gasteiger partial charge in [-0.15, -0.1) is 0 Å². The van der Waals surface area contributed by atoms with Crippen LogP contribution >= 0.6 is 0 Å². The Morgan fingerprint density at radius 3 is 2.38 bits per heavy atom. The molecular formula is C16H17N3O2. The molecule has 3 heterocycles. The summed E-state index contributed by atoms with van der Waals surface area (Å²) >= 11 is 0. The minimum absolute atomic E-state index is 0.00751. The number of aromatic nitrogens is 2. The Hall–Kier alpha value is -2.43. The quantitative estimate of drug-likeness (QED) is 0.866. The fourth-order valence-corrected chi connectivity index (χ4v) is 2.42. The van der Waals surface area contributed by atoms with Gasteiger partial charge in [-0.05, 0) is 18.2 Å². The lowest BCUT2D eigenvalue weighted by atomic mass is 10.1. The molecule has 2 aromatic heterocycles. The monoisotopic (exact) mass is 283 g/mol. The van der Waals surface area contributed by atoms with Gasteiger partial charge < -0.3 is 9.64 Å². The van der Waals surface area contributed by atoms with E-state index in [0.717, 1.165) is 12.8 Å². The van der Waals surface area contributed by atoms with Crippen molar-refractivity contribution in [2.24, 2.45) is 0 Å². The first-order chi connectivity index (χ1) is 10.3. The van der Waals surface area contributed by atoms with Gasteiger partial charge in [0.05, 0.1) is 0 Å². The van der Waals surface area contributed by atoms with Crippen molar-refractivity contribution in [3.05, 3.63) is 54.5 Å². The van der Waals surface area contributed by atoms with Crippen molar-refractivity contribution in [1.29, 1.82) is 0 Å². The Kier molecular flexibility index (Phi) is 4.09. The summed E-state index contributed by atoms with van der Waals surface area (Å²) in [6, 6.07) is 11.0. The number of hydrogen-bond acceptors (Lipinski definition) is 4. The SMILES string of the molecule is O=C(c1ccccn1)N1CCC(Oc2ccccn2)CC1. The van der Waals surface area contributed by atoms with E-state index in [9.17, 15) is 4.79 Å². The molecule has 0 radical (unpaired) electrons. The smallest absolute Gasteiger partial charge is 0.272 e. The first kappa shape index (κ1) is 13.5. The molecule has 21 heavy (non-hydrogen) atoms. The molecule has 0 spiro atoms. The van der Waals surface area contributed by atoms with Crippen molar-refractivity contribution in [2.75, 3.05) is 13.1 Å². The van der Waals surface area contributed by atoms with Crippen LogP contribution in [-0.4, -0.2) is 40.0 Å². The predicted molar refractivity (Wildman–Crippen MR) is 78.0 cm³/mol. The highest BCUT2D eigenvalue weighted by Gasteiger charge is 2.25. The van der Waals surface area contributed by atoms with Gasteiger partial charge in [0.2, 0.25) is 5.88 Å². The van der Waals surface area contributed by atoms with Gasteiger partial charge in [-0.1, -0.05) is 12.1 Å². The predicted octanol–water partition coefficient (Wildman–Crippen LogP) is 2.16. The van der Waals surface area contributed by atoms with E-state index in [1.165, 1.54) is 0 Å². The number of rotatable bonds is 3. The molecule has 3 rings (SSSR count). The summed E-state index contributed by atoms with van der Waals surface area (Å²) in [6.07, 6.45) is 5.11. The van der Waals surface area contributed by atoms with Crippen molar-refractivity contribution in [3.8, 4) is 5.88 Å². The molecule has 0 aromatic carbocycles. The summed E-state index contributed by atoms with van der Waals surface area (Å²) in [5.41, 5.74) is 0.501. The molecule has 0 saturated carbocycles. The number of piperidine rings is 1. The van der Waals surface area contributed by atoms with Crippen molar-refractivity contribution < 1.29 is 9.53 Å². The number of likely N-dealkylation sites (tertiary alicyclic amines) is 1. The second-order valence-corrected chi connectivity index (χ2v) is 4.99. The number of nitrogens with zero attached hydrogens (tertiary/aromatic N) is 3. The third-order valence-corrected chi connectivity index (χ3v) is 3.54. The first-order valence-electron chi connectivity index (χ1n) is 7.11. The van der Waals surface area contributed by atoms with Crippen LogP contribution in [0.15, 0.2) is 48.8 Å². The molecule has 5 nitrogen and oxygen atoms in total. The van der Waals surface area contributed by atoms with E-state index < -0.39 is 0 Å². The number of amides is 1. The average Bonchev–Trinajstić information content (AvgIpc) is 2.57. The van der Waals surface area contributed by atoms with Crippen LogP contribution in [0.2, 0.25) is 0 Å². The maximum Gasteiger partial charge on any atom is 0.272 e. The topological polar surface area (TPSA) is 55.3 Å². The standard InChI is InChI=1S/C16H17N3O2/c20-16(14-5-1-3-9-17-14)19-11-7-13(8-12-19)21-15-6-2-4-10-18-15/h1-6,9-10,13H,7-8,11-12H2. The molecule has 0 atom stereocenters. The van der Waals surface area contributed by atoms with Crippen molar-refractivity contribution in [3.63, 3.8) is 0 Å². The van der Waals surface area contributed by atoms with Crippen LogP contribution in [0.5, 0.6) is 5.88 Å². The maximum atomic E-state index is 12.3. The average molecular weight is 283 g/mol. The number of carbonyl (C=O) groups excluding carboxylic acids is 1. The third kappa shape index (κ3) is 3.37. The van der Waals surface area contributed by atoms with Crippen LogP contribution in [0.25, 0.3) is 0 Å². The molecule has 1 saturated heterocycles. The Labute approximate surface area is 123 Å². The van der Waals surface area contributed by atoms with Gasteiger partial charge in [0.25, 0.3) is 5.91 Å². The van der Waals surface area contributed by atoms with E-state index in [2.05, 4.69) is 9.97 Å². The van der Waals surface area contributed by atoms with Crippen LogP contribution in [0.4, 0.5) is 0 Å². The molecule has 5 heteroatoms. The van der Waals surface area contributed by atoms with Gasteiger partial charge in [0.15, 0.2) is 0 Å². The molecule has 108 valence electrons. The highest BCUT2D eigenvalue weighted by atomic mass is 16.5. The van der Waals surface area contributed by atoms with Gasteiger partial charge in [-0.3, -0.25) is 9.78 Å². The van der Waals surface area contributed by atoms with Crippen LogP contribution in [-0.2, 0) is 0 Å².